The summed E-state index contributed by atoms with van der Waals surface area (Å²) in [5.41, 5.74) is 3.51. The summed E-state index contributed by atoms with van der Waals surface area (Å²) in [5, 5.41) is 3.00. The third kappa shape index (κ3) is 3.32. The third-order valence-corrected chi connectivity index (χ3v) is 4.59. The molecule has 140 valence electrons. The molecule has 28 heavy (non-hydrogen) atoms. The van der Waals surface area contributed by atoms with Gasteiger partial charge in [0.2, 0.25) is 0 Å². The highest BCUT2D eigenvalue weighted by atomic mass is 16.5. The van der Waals surface area contributed by atoms with Gasteiger partial charge in [0.1, 0.15) is 11.4 Å². The van der Waals surface area contributed by atoms with E-state index in [-0.39, 0.29) is 11.9 Å². The minimum Gasteiger partial charge on any atom is -0.497 e. The van der Waals surface area contributed by atoms with Crippen molar-refractivity contribution in [3.05, 3.63) is 84.4 Å². The molecule has 4 rings (SSSR count). The van der Waals surface area contributed by atoms with Crippen molar-refractivity contribution in [3.8, 4) is 17.0 Å². The van der Waals surface area contributed by atoms with Crippen LogP contribution in [0.3, 0.4) is 0 Å². The van der Waals surface area contributed by atoms with Crippen LogP contribution in [0.25, 0.3) is 16.9 Å². The molecule has 3 aromatic heterocycles. The fourth-order valence-corrected chi connectivity index (χ4v) is 3.15. The van der Waals surface area contributed by atoms with E-state index in [0.717, 1.165) is 22.7 Å². The second kappa shape index (κ2) is 7.52. The predicted molar refractivity (Wildman–Crippen MR) is 107 cm³/mol. The molecule has 0 fully saturated rings. The van der Waals surface area contributed by atoms with Crippen LogP contribution in [0.5, 0.6) is 5.75 Å². The number of pyridine rings is 2. The molecule has 4 aromatic rings. The van der Waals surface area contributed by atoms with E-state index in [9.17, 15) is 4.79 Å². The Hall–Kier alpha value is -3.67. The molecule has 3 heterocycles. The number of amides is 1. The lowest BCUT2D eigenvalue weighted by atomic mass is 10.1. The van der Waals surface area contributed by atoms with Crippen molar-refractivity contribution in [3.63, 3.8) is 0 Å². The second-order valence-corrected chi connectivity index (χ2v) is 6.42. The van der Waals surface area contributed by atoms with Crippen LogP contribution in [0.15, 0.2) is 73.1 Å². The Labute approximate surface area is 162 Å². The van der Waals surface area contributed by atoms with Gasteiger partial charge in [-0.1, -0.05) is 12.1 Å². The molecular weight excluding hydrogens is 352 g/mol. The van der Waals surface area contributed by atoms with Crippen molar-refractivity contribution >= 4 is 11.6 Å². The summed E-state index contributed by atoms with van der Waals surface area (Å²) in [6, 6.07) is 18.7. The number of hydrogen-bond acceptors (Lipinski definition) is 4. The number of carbonyl (C=O) groups excluding carboxylic acids is 1. The Kier molecular flexibility index (Phi) is 4.76. The molecule has 0 saturated carbocycles. The van der Waals surface area contributed by atoms with Crippen molar-refractivity contribution in [1.29, 1.82) is 0 Å². The molecule has 0 bridgehead atoms. The van der Waals surface area contributed by atoms with Crippen LogP contribution >= 0.6 is 0 Å². The van der Waals surface area contributed by atoms with Crippen LogP contribution in [0.2, 0.25) is 0 Å². The maximum atomic E-state index is 13.1. The van der Waals surface area contributed by atoms with Gasteiger partial charge in [-0.3, -0.25) is 14.2 Å². The van der Waals surface area contributed by atoms with Crippen molar-refractivity contribution in [2.75, 3.05) is 7.11 Å². The van der Waals surface area contributed by atoms with Gasteiger partial charge in [-0.25, -0.2) is 4.98 Å². The lowest BCUT2D eigenvalue weighted by Crippen LogP contribution is -2.28. The average Bonchev–Trinajstić information content (AvgIpc) is 3.14. The molecule has 6 heteroatoms. The number of hydrogen-bond donors (Lipinski definition) is 1. The standard InChI is InChI=1S/C22H20N4O2/c1-15(18-7-3-5-13-23-18)24-22(27)20-21(16-9-11-17(28-2)12-10-16)26-14-6-4-8-19(26)25-20/h3-15H,1-2H3,(H,24,27)/t15-/m0/s1. The Morgan fingerprint density at radius 3 is 2.57 bits per heavy atom. The monoisotopic (exact) mass is 372 g/mol. The molecule has 0 unspecified atom stereocenters. The summed E-state index contributed by atoms with van der Waals surface area (Å²) < 4.78 is 7.16. The van der Waals surface area contributed by atoms with E-state index < -0.39 is 0 Å². The van der Waals surface area contributed by atoms with Gasteiger partial charge in [0.05, 0.1) is 24.5 Å². The van der Waals surface area contributed by atoms with E-state index in [1.165, 1.54) is 0 Å². The Balaban J connectivity index is 1.74. The number of fused-ring (bicyclic) bond motifs is 1. The van der Waals surface area contributed by atoms with Crippen molar-refractivity contribution in [1.82, 2.24) is 19.7 Å². The zero-order valence-corrected chi connectivity index (χ0v) is 15.7. The molecule has 0 spiro atoms. The van der Waals surface area contributed by atoms with Crippen LogP contribution in [-0.4, -0.2) is 27.4 Å². The topological polar surface area (TPSA) is 68.5 Å². The van der Waals surface area contributed by atoms with Gasteiger partial charge in [-0.2, -0.15) is 0 Å². The van der Waals surface area contributed by atoms with E-state index in [4.69, 9.17) is 4.74 Å². The van der Waals surface area contributed by atoms with Crippen LogP contribution in [-0.2, 0) is 0 Å². The number of ether oxygens (including phenoxy) is 1. The van der Waals surface area contributed by atoms with Gasteiger partial charge in [0, 0.05) is 18.0 Å². The third-order valence-electron chi connectivity index (χ3n) is 4.59. The Bertz CT molecular complexity index is 1100. The number of rotatable bonds is 5. The lowest BCUT2D eigenvalue weighted by Gasteiger charge is -2.13. The van der Waals surface area contributed by atoms with Gasteiger partial charge in [0.25, 0.3) is 5.91 Å². The molecule has 0 aliphatic carbocycles. The molecular formula is C22H20N4O2. The number of methoxy groups -OCH3 is 1. The van der Waals surface area contributed by atoms with E-state index in [1.807, 2.05) is 78.2 Å². The quantitative estimate of drug-likeness (QED) is 0.577. The predicted octanol–water partition coefficient (Wildman–Crippen LogP) is 3.90. The van der Waals surface area contributed by atoms with Crippen LogP contribution in [0.4, 0.5) is 0 Å². The Morgan fingerprint density at radius 1 is 1.07 bits per heavy atom. The van der Waals surface area contributed by atoms with E-state index in [1.54, 1.807) is 13.3 Å². The first kappa shape index (κ1) is 17.7. The normalized spacial score (nSPS) is 11.9. The molecule has 6 nitrogen and oxygen atoms in total. The molecule has 0 aliphatic heterocycles. The Morgan fingerprint density at radius 2 is 1.86 bits per heavy atom. The van der Waals surface area contributed by atoms with Gasteiger partial charge in [-0.15, -0.1) is 0 Å². The fourth-order valence-electron chi connectivity index (χ4n) is 3.15. The smallest absolute Gasteiger partial charge is 0.272 e. The highest BCUT2D eigenvalue weighted by molar-refractivity contribution is 5.99. The molecule has 1 aromatic carbocycles. The second-order valence-electron chi connectivity index (χ2n) is 6.42. The SMILES string of the molecule is COc1ccc(-c2c(C(=O)N[C@@H](C)c3ccccn3)nc3ccccn23)cc1. The van der Waals surface area contributed by atoms with Gasteiger partial charge in [-0.05, 0) is 55.5 Å². The summed E-state index contributed by atoms with van der Waals surface area (Å²) in [4.78, 5) is 22.0. The largest absolute Gasteiger partial charge is 0.497 e. The molecule has 1 atom stereocenters. The molecule has 0 aliphatic rings. The number of aromatic nitrogens is 3. The van der Waals surface area contributed by atoms with Crippen LogP contribution < -0.4 is 10.1 Å². The highest BCUT2D eigenvalue weighted by Gasteiger charge is 2.22. The average molecular weight is 372 g/mol. The summed E-state index contributed by atoms with van der Waals surface area (Å²) in [6.45, 7) is 1.91. The minimum atomic E-state index is -0.243. The van der Waals surface area contributed by atoms with E-state index in [0.29, 0.717) is 11.3 Å². The number of carbonyl (C=O) groups is 1. The number of imidazole rings is 1. The van der Waals surface area contributed by atoms with Crippen molar-refractivity contribution in [2.24, 2.45) is 0 Å². The van der Waals surface area contributed by atoms with Crippen LogP contribution in [0, 0.1) is 0 Å². The van der Waals surface area contributed by atoms with Crippen molar-refractivity contribution < 1.29 is 9.53 Å². The van der Waals surface area contributed by atoms with Gasteiger partial charge < -0.3 is 10.1 Å². The fraction of sp³-hybridized carbons (Fsp3) is 0.136. The summed E-state index contributed by atoms with van der Waals surface area (Å²) in [6.07, 6.45) is 3.62. The van der Waals surface area contributed by atoms with E-state index in [2.05, 4.69) is 15.3 Å². The van der Waals surface area contributed by atoms with Crippen LogP contribution in [0.1, 0.15) is 29.1 Å². The highest BCUT2D eigenvalue weighted by Crippen LogP contribution is 2.27. The minimum absolute atomic E-state index is 0.234. The number of benzene rings is 1. The summed E-state index contributed by atoms with van der Waals surface area (Å²) in [5.74, 6) is 0.514. The van der Waals surface area contributed by atoms with E-state index >= 15 is 0 Å². The first-order valence-corrected chi connectivity index (χ1v) is 9.00. The number of nitrogens with one attached hydrogen (secondary N) is 1. The summed E-state index contributed by atoms with van der Waals surface area (Å²) in [7, 11) is 1.63. The van der Waals surface area contributed by atoms with Gasteiger partial charge in [0.15, 0.2) is 5.69 Å². The lowest BCUT2D eigenvalue weighted by molar-refractivity contribution is 0.0935. The maximum absolute atomic E-state index is 13.1. The maximum Gasteiger partial charge on any atom is 0.272 e. The first-order valence-electron chi connectivity index (χ1n) is 9.00. The molecule has 1 N–H and O–H groups in total. The molecule has 0 radical (unpaired) electrons. The van der Waals surface area contributed by atoms with Gasteiger partial charge >= 0.3 is 0 Å². The summed E-state index contributed by atoms with van der Waals surface area (Å²) >= 11 is 0. The number of nitrogens with zero attached hydrogens (tertiary/aromatic N) is 3. The first-order chi connectivity index (χ1) is 13.7. The molecule has 1 amide bonds. The zero-order valence-electron chi connectivity index (χ0n) is 15.7. The zero-order chi connectivity index (χ0) is 19.5. The van der Waals surface area contributed by atoms with Crippen molar-refractivity contribution in [2.45, 2.75) is 13.0 Å². The molecule has 0 saturated heterocycles.